The molecule has 0 amide bonds. The van der Waals surface area contributed by atoms with Gasteiger partial charge in [0.2, 0.25) is 0 Å². The fraction of sp³-hybridized carbons (Fsp3) is 1.00. The first-order valence-corrected chi connectivity index (χ1v) is 7.60. The maximum atomic E-state index is 3.43. The fourth-order valence-corrected chi connectivity index (χ4v) is 5.40. The molecule has 1 aliphatic heterocycles. The van der Waals surface area contributed by atoms with Crippen molar-refractivity contribution in [1.29, 1.82) is 0 Å². The van der Waals surface area contributed by atoms with E-state index in [4.69, 9.17) is 0 Å². The van der Waals surface area contributed by atoms with E-state index in [1.54, 1.807) is 6.16 Å². The molecule has 1 heterocycles. The van der Waals surface area contributed by atoms with Crippen molar-refractivity contribution in [2.45, 2.75) is 13.3 Å². The van der Waals surface area contributed by atoms with Crippen LogP contribution < -0.4 is 5.32 Å². The van der Waals surface area contributed by atoms with Crippen LogP contribution in [0.3, 0.4) is 0 Å². The van der Waals surface area contributed by atoms with Gasteiger partial charge >= 0.3 is 64.2 Å². The van der Waals surface area contributed by atoms with E-state index in [1.807, 2.05) is 0 Å². The molecule has 0 unspecified atom stereocenters. The Balaban J connectivity index is 2.32. The Kier molecular flexibility index (Phi) is 3.13. The van der Waals surface area contributed by atoms with Crippen molar-refractivity contribution in [3.05, 3.63) is 0 Å². The molecule has 0 aromatic carbocycles. The molecule has 1 rings (SSSR count). The predicted molar refractivity (Wildman–Crippen MR) is 52.0 cm³/mol. The first-order chi connectivity index (χ1) is 4.77. The monoisotopic (exact) mass is 161 g/mol. The molecule has 0 spiro atoms. The Morgan fingerprint density at radius 1 is 1.30 bits per heavy atom. The van der Waals surface area contributed by atoms with Crippen LogP contribution in [0.1, 0.15) is 13.3 Å². The zero-order valence-electron chi connectivity index (χ0n) is 7.24. The van der Waals surface area contributed by atoms with Gasteiger partial charge in [-0.05, 0) is 0 Å². The summed E-state index contributed by atoms with van der Waals surface area (Å²) in [6, 6.07) is 0. The standard InChI is InChI=1S/C8H20NP/c1-3-6-10(2)7-4-9-5-8-10/h9-10H,3-8H2,1-2H3. The molecule has 10 heavy (non-hydrogen) atoms. The van der Waals surface area contributed by atoms with E-state index in [9.17, 15) is 0 Å². The molecule has 0 saturated carbocycles. The molecular formula is C8H20NP. The van der Waals surface area contributed by atoms with Crippen molar-refractivity contribution in [3.8, 4) is 0 Å². The van der Waals surface area contributed by atoms with Gasteiger partial charge in [0.15, 0.2) is 0 Å². The van der Waals surface area contributed by atoms with Crippen molar-refractivity contribution >= 4 is 7.26 Å². The summed E-state index contributed by atoms with van der Waals surface area (Å²) >= 11 is 0. The molecule has 0 bridgehead atoms. The van der Waals surface area contributed by atoms with E-state index in [0.29, 0.717) is 0 Å². The summed E-state index contributed by atoms with van der Waals surface area (Å²) in [5.74, 6) is 0. The Hall–Kier alpha value is 0.390. The zero-order valence-corrected chi connectivity index (χ0v) is 8.24. The van der Waals surface area contributed by atoms with Crippen molar-refractivity contribution in [3.63, 3.8) is 0 Å². The van der Waals surface area contributed by atoms with Crippen LogP contribution in [0.5, 0.6) is 0 Å². The second kappa shape index (κ2) is 3.69. The number of nitrogens with one attached hydrogen (secondary N) is 1. The molecule has 0 aromatic rings. The Bertz CT molecular complexity index is 91.9. The van der Waals surface area contributed by atoms with E-state index >= 15 is 0 Å². The summed E-state index contributed by atoms with van der Waals surface area (Å²) in [5.41, 5.74) is 0. The van der Waals surface area contributed by atoms with Gasteiger partial charge in [-0.2, -0.15) is 0 Å². The van der Waals surface area contributed by atoms with Crippen LogP contribution in [0, 0.1) is 0 Å². The van der Waals surface area contributed by atoms with Gasteiger partial charge < -0.3 is 0 Å². The van der Waals surface area contributed by atoms with E-state index in [1.165, 1.54) is 31.8 Å². The third-order valence-electron chi connectivity index (χ3n) is 2.66. The van der Waals surface area contributed by atoms with Crippen molar-refractivity contribution in [1.82, 2.24) is 5.32 Å². The average Bonchev–Trinajstić information content (AvgIpc) is 1.89. The molecule has 1 aliphatic rings. The van der Waals surface area contributed by atoms with Crippen molar-refractivity contribution in [2.75, 3.05) is 38.2 Å². The molecule has 2 heteroatoms. The fourth-order valence-electron chi connectivity index (χ4n) is 1.88. The Labute approximate surface area is 64.9 Å². The van der Waals surface area contributed by atoms with Crippen molar-refractivity contribution < 1.29 is 0 Å². The summed E-state index contributed by atoms with van der Waals surface area (Å²) in [7, 11) is -0.699. The summed E-state index contributed by atoms with van der Waals surface area (Å²) in [4.78, 5) is 0. The third-order valence-corrected chi connectivity index (χ3v) is 7.29. The molecule has 62 valence electrons. The van der Waals surface area contributed by atoms with Crippen LogP contribution in [-0.4, -0.2) is 38.2 Å². The number of rotatable bonds is 2. The SMILES string of the molecule is CCC[PH]1(C)CCNCC1. The molecule has 0 aromatic heterocycles. The van der Waals surface area contributed by atoms with Gasteiger partial charge in [-0.1, -0.05) is 0 Å². The van der Waals surface area contributed by atoms with Crippen LogP contribution in [0.2, 0.25) is 0 Å². The molecule has 1 nitrogen and oxygen atoms in total. The normalized spacial score (nSPS) is 27.8. The third kappa shape index (κ3) is 2.21. The topological polar surface area (TPSA) is 12.0 Å². The van der Waals surface area contributed by atoms with Gasteiger partial charge in [0.1, 0.15) is 0 Å². The van der Waals surface area contributed by atoms with E-state index in [0.717, 1.165) is 0 Å². The molecular weight excluding hydrogens is 141 g/mol. The molecule has 1 saturated heterocycles. The second-order valence-corrected chi connectivity index (χ2v) is 8.93. The molecule has 0 atom stereocenters. The minimum atomic E-state index is -0.699. The number of hydrogen-bond acceptors (Lipinski definition) is 1. The van der Waals surface area contributed by atoms with E-state index < -0.39 is 7.26 Å². The van der Waals surface area contributed by atoms with Crippen LogP contribution in [0.4, 0.5) is 0 Å². The summed E-state index contributed by atoms with van der Waals surface area (Å²) in [5, 5.41) is 3.43. The van der Waals surface area contributed by atoms with Gasteiger partial charge in [0.05, 0.1) is 0 Å². The van der Waals surface area contributed by atoms with Crippen molar-refractivity contribution in [2.24, 2.45) is 0 Å². The first kappa shape index (κ1) is 8.49. The molecule has 1 fully saturated rings. The van der Waals surface area contributed by atoms with Gasteiger partial charge in [-0.15, -0.1) is 0 Å². The quantitative estimate of drug-likeness (QED) is 0.603. The maximum absolute atomic E-state index is 3.43. The predicted octanol–water partition coefficient (Wildman–Crippen LogP) is 1.38. The van der Waals surface area contributed by atoms with Crippen LogP contribution in [0.15, 0.2) is 0 Å². The number of hydrogen-bond donors (Lipinski definition) is 1. The summed E-state index contributed by atoms with van der Waals surface area (Å²) in [6.45, 7) is 7.48. The van der Waals surface area contributed by atoms with Crippen LogP contribution >= 0.6 is 7.26 Å². The van der Waals surface area contributed by atoms with E-state index in [2.05, 4.69) is 18.9 Å². The Morgan fingerprint density at radius 2 is 1.90 bits per heavy atom. The van der Waals surface area contributed by atoms with Gasteiger partial charge in [-0.3, -0.25) is 0 Å². The average molecular weight is 161 g/mol. The summed E-state index contributed by atoms with van der Waals surface area (Å²) < 4.78 is 0. The molecule has 1 N–H and O–H groups in total. The molecule has 0 aliphatic carbocycles. The molecule has 0 radical (unpaired) electrons. The van der Waals surface area contributed by atoms with Gasteiger partial charge in [-0.25, -0.2) is 0 Å². The summed E-state index contributed by atoms with van der Waals surface area (Å²) in [6.07, 6.45) is 5.99. The van der Waals surface area contributed by atoms with Crippen LogP contribution in [0.25, 0.3) is 0 Å². The zero-order chi connectivity index (χ0) is 7.45. The van der Waals surface area contributed by atoms with E-state index in [-0.39, 0.29) is 0 Å². The minimum absolute atomic E-state index is 0.699. The van der Waals surface area contributed by atoms with Gasteiger partial charge in [0.25, 0.3) is 0 Å². The Morgan fingerprint density at radius 3 is 2.40 bits per heavy atom. The van der Waals surface area contributed by atoms with Crippen LogP contribution in [-0.2, 0) is 0 Å². The second-order valence-electron chi connectivity index (χ2n) is 3.81. The first-order valence-electron chi connectivity index (χ1n) is 4.47. The van der Waals surface area contributed by atoms with Gasteiger partial charge in [0, 0.05) is 0 Å².